The van der Waals surface area contributed by atoms with Crippen molar-refractivity contribution >= 4 is 0 Å². The van der Waals surface area contributed by atoms with E-state index < -0.39 is 6.17 Å². The van der Waals surface area contributed by atoms with E-state index in [0.717, 1.165) is 26.1 Å². The fraction of sp³-hybridized carbons (Fsp3) is 0.706. The molecule has 0 amide bonds. The van der Waals surface area contributed by atoms with Gasteiger partial charge in [-0.05, 0) is 30.2 Å². The molecule has 0 radical (unpaired) electrons. The van der Waals surface area contributed by atoms with Gasteiger partial charge in [0.15, 0.2) is 0 Å². The molecule has 0 saturated carbocycles. The number of hydrogen-bond acceptors (Lipinski definition) is 3. The third-order valence-electron chi connectivity index (χ3n) is 3.99. The van der Waals surface area contributed by atoms with E-state index in [1.54, 1.807) is 0 Å². The second-order valence-electron chi connectivity index (χ2n) is 6.85. The third kappa shape index (κ3) is 5.27. The maximum atomic E-state index is 13.0. The van der Waals surface area contributed by atoms with E-state index >= 15 is 0 Å². The van der Waals surface area contributed by atoms with Gasteiger partial charge in [0.25, 0.3) is 0 Å². The van der Waals surface area contributed by atoms with Crippen LogP contribution in [0.5, 0.6) is 5.88 Å². The molecule has 0 aliphatic carbocycles. The van der Waals surface area contributed by atoms with Gasteiger partial charge < -0.3 is 9.64 Å². The average Bonchev–Trinajstić information content (AvgIpc) is 2.45. The van der Waals surface area contributed by atoms with Crippen molar-refractivity contribution in [2.24, 2.45) is 0 Å². The minimum absolute atomic E-state index is 0.119. The van der Waals surface area contributed by atoms with Crippen LogP contribution in [0.3, 0.4) is 0 Å². The lowest BCUT2D eigenvalue weighted by molar-refractivity contribution is 0.142. The third-order valence-corrected chi connectivity index (χ3v) is 3.99. The summed E-state index contributed by atoms with van der Waals surface area (Å²) in [6, 6.07) is 4.02. The van der Waals surface area contributed by atoms with Crippen molar-refractivity contribution in [3.63, 3.8) is 0 Å². The van der Waals surface area contributed by atoms with E-state index in [1.807, 2.05) is 12.3 Å². The summed E-state index contributed by atoms with van der Waals surface area (Å²) in [7, 11) is 0. The van der Waals surface area contributed by atoms with Crippen LogP contribution in [0, 0.1) is 0 Å². The van der Waals surface area contributed by atoms with Crippen molar-refractivity contribution < 1.29 is 9.13 Å². The van der Waals surface area contributed by atoms with Crippen molar-refractivity contribution in [1.82, 2.24) is 9.88 Å². The average molecular weight is 294 g/mol. The van der Waals surface area contributed by atoms with Crippen LogP contribution in [0.25, 0.3) is 0 Å². The van der Waals surface area contributed by atoms with Crippen LogP contribution in [0.1, 0.15) is 45.6 Å². The molecule has 1 aliphatic heterocycles. The number of piperidine rings is 1. The molecule has 1 aromatic rings. The fourth-order valence-electron chi connectivity index (χ4n) is 2.50. The summed E-state index contributed by atoms with van der Waals surface area (Å²) < 4.78 is 18.7. The number of likely N-dealkylation sites (tertiary alicyclic amines) is 1. The van der Waals surface area contributed by atoms with Crippen LogP contribution in [0.15, 0.2) is 18.3 Å². The maximum absolute atomic E-state index is 13.0. The zero-order valence-electron chi connectivity index (χ0n) is 13.4. The van der Waals surface area contributed by atoms with Gasteiger partial charge in [-0.3, -0.25) is 0 Å². The van der Waals surface area contributed by atoms with E-state index in [1.165, 1.54) is 5.56 Å². The topological polar surface area (TPSA) is 25.4 Å². The van der Waals surface area contributed by atoms with Crippen molar-refractivity contribution in [3.8, 4) is 5.88 Å². The van der Waals surface area contributed by atoms with Gasteiger partial charge in [-0.2, -0.15) is 0 Å². The van der Waals surface area contributed by atoms with Gasteiger partial charge in [-0.25, -0.2) is 9.37 Å². The number of hydrogen-bond donors (Lipinski definition) is 0. The van der Waals surface area contributed by atoms with Gasteiger partial charge in [0, 0.05) is 31.9 Å². The van der Waals surface area contributed by atoms with Gasteiger partial charge >= 0.3 is 0 Å². The summed E-state index contributed by atoms with van der Waals surface area (Å²) in [5.74, 6) is 0.686. The highest BCUT2D eigenvalue weighted by Crippen LogP contribution is 2.22. The summed E-state index contributed by atoms with van der Waals surface area (Å²) in [5.41, 5.74) is 1.33. The van der Waals surface area contributed by atoms with E-state index in [4.69, 9.17) is 4.74 Å². The number of ether oxygens (including phenoxy) is 1. The van der Waals surface area contributed by atoms with Gasteiger partial charge in [0.2, 0.25) is 5.88 Å². The van der Waals surface area contributed by atoms with Gasteiger partial charge in [0.05, 0.1) is 6.61 Å². The van der Waals surface area contributed by atoms with E-state index in [9.17, 15) is 4.39 Å². The lowest BCUT2D eigenvalue weighted by Gasteiger charge is -2.28. The molecule has 0 N–H and O–H groups in total. The molecule has 3 nitrogen and oxygen atoms in total. The first-order chi connectivity index (χ1) is 9.95. The van der Waals surface area contributed by atoms with Crippen LogP contribution < -0.4 is 4.74 Å². The highest BCUT2D eigenvalue weighted by atomic mass is 19.1. The smallest absolute Gasteiger partial charge is 0.213 e. The number of halogens is 1. The molecule has 0 unspecified atom stereocenters. The summed E-state index contributed by atoms with van der Waals surface area (Å²) >= 11 is 0. The van der Waals surface area contributed by atoms with E-state index in [0.29, 0.717) is 25.3 Å². The maximum Gasteiger partial charge on any atom is 0.213 e. The van der Waals surface area contributed by atoms with E-state index in [2.05, 4.69) is 36.7 Å². The normalized spacial score (nSPS) is 17.9. The summed E-state index contributed by atoms with van der Waals surface area (Å²) in [4.78, 5) is 6.67. The molecule has 2 rings (SSSR count). The Kier molecular flexibility index (Phi) is 5.57. The molecule has 1 aliphatic rings. The van der Waals surface area contributed by atoms with Crippen molar-refractivity contribution in [2.45, 2.75) is 51.6 Å². The molecule has 0 atom stereocenters. The Labute approximate surface area is 127 Å². The molecular formula is C17H27FN2O. The number of aromatic nitrogens is 1. The highest BCUT2D eigenvalue weighted by molar-refractivity contribution is 5.23. The minimum atomic E-state index is -0.594. The second-order valence-corrected chi connectivity index (χ2v) is 6.85. The second kappa shape index (κ2) is 7.21. The van der Waals surface area contributed by atoms with Gasteiger partial charge in [-0.15, -0.1) is 0 Å². The zero-order chi connectivity index (χ0) is 15.3. The molecule has 1 aromatic heterocycles. The molecule has 0 bridgehead atoms. The lowest BCUT2D eigenvalue weighted by Crippen LogP contribution is -2.35. The Morgan fingerprint density at radius 1 is 1.29 bits per heavy atom. The molecule has 21 heavy (non-hydrogen) atoms. The van der Waals surface area contributed by atoms with Crippen molar-refractivity contribution in [2.75, 3.05) is 26.2 Å². The highest BCUT2D eigenvalue weighted by Gasteiger charge is 2.17. The molecule has 118 valence electrons. The van der Waals surface area contributed by atoms with Crippen LogP contribution in [-0.2, 0) is 5.41 Å². The first kappa shape index (κ1) is 16.2. The molecule has 1 saturated heterocycles. The Morgan fingerprint density at radius 2 is 2.00 bits per heavy atom. The summed E-state index contributed by atoms with van der Waals surface area (Å²) in [6.07, 6.45) is 3.61. The predicted molar refractivity (Wildman–Crippen MR) is 83.6 cm³/mol. The number of pyridine rings is 1. The van der Waals surface area contributed by atoms with Crippen molar-refractivity contribution in [3.05, 3.63) is 23.9 Å². The zero-order valence-corrected chi connectivity index (χ0v) is 13.4. The number of alkyl halides is 1. The van der Waals surface area contributed by atoms with E-state index in [-0.39, 0.29) is 5.41 Å². The molecule has 0 aromatic carbocycles. The van der Waals surface area contributed by atoms with Crippen LogP contribution in [-0.4, -0.2) is 42.3 Å². The Bertz CT molecular complexity index is 419. The summed E-state index contributed by atoms with van der Waals surface area (Å²) in [6.45, 7) is 9.91. The quantitative estimate of drug-likeness (QED) is 0.776. The number of rotatable bonds is 5. The van der Waals surface area contributed by atoms with Crippen molar-refractivity contribution in [1.29, 1.82) is 0 Å². The standard InChI is InChI=1S/C17H27FN2O/c1-17(2,3)14-5-6-16(19-13-14)21-12-4-9-20-10-7-15(18)8-11-20/h5-6,13,15H,4,7-12H2,1-3H3. The first-order valence-electron chi connectivity index (χ1n) is 7.91. The molecule has 4 heteroatoms. The SMILES string of the molecule is CC(C)(C)c1ccc(OCCCN2CCC(F)CC2)nc1. The van der Waals surface area contributed by atoms with Crippen LogP contribution in [0.4, 0.5) is 4.39 Å². The molecular weight excluding hydrogens is 267 g/mol. The van der Waals surface area contributed by atoms with Gasteiger partial charge in [0.1, 0.15) is 6.17 Å². The Hall–Kier alpha value is -1.16. The monoisotopic (exact) mass is 294 g/mol. The van der Waals surface area contributed by atoms with Gasteiger partial charge in [-0.1, -0.05) is 26.8 Å². The minimum Gasteiger partial charge on any atom is -0.478 e. The molecule has 0 spiro atoms. The molecule has 2 heterocycles. The Morgan fingerprint density at radius 3 is 2.57 bits per heavy atom. The predicted octanol–water partition coefficient (Wildman–Crippen LogP) is 3.58. The lowest BCUT2D eigenvalue weighted by atomic mass is 9.88. The largest absolute Gasteiger partial charge is 0.478 e. The van der Waals surface area contributed by atoms with Crippen LogP contribution >= 0.6 is 0 Å². The fourth-order valence-corrected chi connectivity index (χ4v) is 2.50. The molecule has 1 fully saturated rings. The first-order valence-corrected chi connectivity index (χ1v) is 7.91. The Balaban J connectivity index is 1.67. The van der Waals surface area contributed by atoms with Crippen LogP contribution in [0.2, 0.25) is 0 Å². The number of nitrogens with zero attached hydrogens (tertiary/aromatic N) is 2. The summed E-state index contributed by atoms with van der Waals surface area (Å²) in [5, 5.41) is 0.